The second-order valence-electron chi connectivity index (χ2n) is 6.62. The number of hydrogen-bond acceptors (Lipinski definition) is 5. The number of carbonyl (C=O) groups is 1. The zero-order valence-electron chi connectivity index (χ0n) is 16.2. The monoisotopic (exact) mass is 388 g/mol. The van der Waals surface area contributed by atoms with Crippen LogP contribution in [0, 0.1) is 5.82 Å². The van der Waals surface area contributed by atoms with Crippen molar-refractivity contribution < 1.29 is 23.4 Å². The molecule has 6 nitrogen and oxygen atoms in total. The lowest BCUT2D eigenvalue weighted by Crippen LogP contribution is -2.34. The van der Waals surface area contributed by atoms with Crippen LogP contribution in [0.25, 0.3) is 0 Å². The Morgan fingerprint density at radius 1 is 1.32 bits per heavy atom. The van der Waals surface area contributed by atoms with Gasteiger partial charge in [-0.3, -0.25) is 9.69 Å². The fourth-order valence-corrected chi connectivity index (χ4v) is 3.29. The first-order valence-electron chi connectivity index (χ1n) is 9.27. The van der Waals surface area contributed by atoms with E-state index in [0.717, 1.165) is 12.0 Å². The summed E-state index contributed by atoms with van der Waals surface area (Å²) in [5.41, 5.74) is 2.03. The molecule has 0 saturated carbocycles. The quantitative estimate of drug-likeness (QED) is 0.749. The van der Waals surface area contributed by atoms with Crippen LogP contribution in [0.1, 0.15) is 24.5 Å². The molecule has 0 aliphatic carbocycles. The topological polar surface area (TPSA) is 60.0 Å². The molecule has 150 valence electrons. The van der Waals surface area contributed by atoms with Crippen molar-refractivity contribution in [2.24, 2.45) is 0 Å². The van der Waals surface area contributed by atoms with Crippen LogP contribution >= 0.6 is 0 Å². The van der Waals surface area contributed by atoms with E-state index >= 15 is 0 Å². The van der Waals surface area contributed by atoms with Crippen molar-refractivity contribution in [3.05, 3.63) is 53.3 Å². The minimum absolute atomic E-state index is 0.147. The molecule has 0 spiro atoms. The van der Waals surface area contributed by atoms with Crippen LogP contribution < -0.4 is 14.8 Å². The van der Waals surface area contributed by atoms with E-state index in [1.807, 2.05) is 24.0 Å². The third-order valence-corrected chi connectivity index (χ3v) is 4.43. The highest BCUT2D eigenvalue weighted by Gasteiger charge is 2.20. The van der Waals surface area contributed by atoms with Gasteiger partial charge >= 0.3 is 0 Å². The summed E-state index contributed by atoms with van der Waals surface area (Å²) in [5, 5.41) is 2.88. The Balaban J connectivity index is 1.72. The minimum Gasteiger partial charge on any atom is -0.495 e. The van der Waals surface area contributed by atoms with Crippen LogP contribution in [-0.4, -0.2) is 37.8 Å². The second kappa shape index (κ2) is 9.52. The van der Waals surface area contributed by atoms with Gasteiger partial charge in [0, 0.05) is 17.7 Å². The average molecular weight is 388 g/mol. The molecule has 0 aromatic heterocycles. The van der Waals surface area contributed by atoms with Gasteiger partial charge in [-0.15, -0.1) is 0 Å². The van der Waals surface area contributed by atoms with E-state index in [4.69, 9.17) is 14.2 Å². The average Bonchev–Trinajstić information content (AvgIpc) is 2.68. The summed E-state index contributed by atoms with van der Waals surface area (Å²) < 4.78 is 30.1. The van der Waals surface area contributed by atoms with E-state index in [9.17, 15) is 9.18 Å². The van der Waals surface area contributed by atoms with E-state index in [-0.39, 0.29) is 25.1 Å². The lowest BCUT2D eigenvalue weighted by molar-refractivity contribution is -0.117. The predicted molar refractivity (Wildman–Crippen MR) is 104 cm³/mol. The molecule has 2 aromatic carbocycles. The van der Waals surface area contributed by atoms with Gasteiger partial charge < -0.3 is 19.5 Å². The van der Waals surface area contributed by atoms with Gasteiger partial charge in [-0.1, -0.05) is 19.1 Å². The fraction of sp³-hybridized carbons (Fsp3) is 0.381. The number of para-hydroxylation sites is 2. The van der Waals surface area contributed by atoms with Gasteiger partial charge in [0.25, 0.3) is 0 Å². The summed E-state index contributed by atoms with van der Waals surface area (Å²) in [4.78, 5) is 14.5. The molecule has 28 heavy (non-hydrogen) atoms. The highest BCUT2D eigenvalue weighted by molar-refractivity contribution is 5.93. The second-order valence-corrected chi connectivity index (χ2v) is 6.62. The molecule has 0 radical (unpaired) electrons. The van der Waals surface area contributed by atoms with Gasteiger partial charge in [0.1, 0.15) is 17.3 Å². The summed E-state index contributed by atoms with van der Waals surface area (Å²) in [6, 6.07) is 10.1. The molecule has 3 rings (SSSR count). The van der Waals surface area contributed by atoms with Gasteiger partial charge in [-0.2, -0.15) is 0 Å². The molecular formula is C21H25FN2O4. The van der Waals surface area contributed by atoms with Gasteiger partial charge in [-0.25, -0.2) is 4.39 Å². The minimum atomic E-state index is -0.335. The van der Waals surface area contributed by atoms with Crippen molar-refractivity contribution in [1.82, 2.24) is 4.90 Å². The Kier molecular flexibility index (Phi) is 6.84. The number of benzene rings is 2. The summed E-state index contributed by atoms with van der Waals surface area (Å²) in [6.07, 6.45) is 0.864. The largest absolute Gasteiger partial charge is 0.495 e. The van der Waals surface area contributed by atoms with E-state index in [1.54, 1.807) is 19.2 Å². The Morgan fingerprint density at radius 3 is 2.93 bits per heavy atom. The molecule has 0 bridgehead atoms. The smallest absolute Gasteiger partial charge is 0.238 e. The lowest BCUT2D eigenvalue weighted by Gasteiger charge is -2.25. The Bertz CT molecular complexity index is 828. The molecule has 0 fully saturated rings. The molecule has 1 amide bonds. The first kappa shape index (κ1) is 20.1. The molecule has 1 N–H and O–H groups in total. The number of amides is 1. The van der Waals surface area contributed by atoms with E-state index in [1.165, 1.54) is 12.1 Å². The van der Waals surface area contributed by atoms with E-state index < -0.39 is 0 Å². The predicted octanol–water partition coefficient (Wildman–Crippen LogP) is 3.55. The molecule has 7 heteroatoms. The number of halogens is 1. The first-order chi connectivity index (χ1) is 13.6. The van der Waals surface area contributed by atoms with Crippen LogP contribution in [0.15, 0.2) is 36.4 Å². The number of methoxy groups -OCH3 is 1. The fourth-order valence-electron chi connectivity index (χ4n) is 3.29. The Hall–Kier alpha value is -2.64. The third-order valence-electron chi connectivity index (χ3n) is 4.43. The molecule has 0 atom stereocenters. The van der Waals surface area contributed by atoms with Crippen molar-refractivity contribution in [3.8, 4) is 11.5 Å². The number of ether oxygens (including phenoxy) is 3. The molecule has 2 aromatic rings. The zero-order chi connectivity index (χ0) is 19.9. The maximum Gasteiger partial charge on any atom is 0.238 e. The van der Waals surface area contributed by atoms with Crippen molar-refractivity contribution in [2.45, 2.75) is 26.5 Å². The van der Waals surface area contributed by atoms with Gasteiger partial charge in [-0.05, 0) is 37.2 Å². The Morgan fingerprint density at radius 2 is 2.14 bits per heavy atom. The van der Waals surface area contributed by atoms with Crippen LogP contribution in [-0.2, 0) is 22.7 Å². The number of nitrogens with zero attached hydrogens (tertiary/aromatic N) is 1. The Labute approximate surface area is 164 Å². The number of anilines is 1. The number of hydrogen-bond donors (Lipinski definition) is 1. The van der Waals surface area contributed by atoms with Gasteiger partial charge in [0.2, 0.25) is 5.91 Å². The highest BCUT2D eigenvalue weighted by atomic mass is 19.1. The molecule has 1 aliphatic rings. The van der Waals surface area contributed by atoms with Gasteiger partial charge in [0.15, 0.2) is 6.79 Å². The number of rotatable bonds is 8. The summed E-state index contributed by atoms with van der Waals surface area (Å²) >= 11 is 0. The van der Waals surface area contributed by atoms with Gasteiger partial charge in [0.05, 0.1) is 25.9 Å². The third kappa shape index (κ3) is 4.99. The van der Waals surface area contributed by atoms with Crippen LogP contribution in [0.5, 0.6) is 11.5 Å². The molecule has 0 saturated heterocycles. The summed E-state index contributed by atoms with van der Waals surface area (Å²) in [5.74, 6) is 0.759. The van der Waals surface area contributed by atoms with Crippen LogP contribution in [0.4, 0.5) is 10.1 Å². The summed E-state index contributed by atoms with van der Waals surface area (Å²) in [6.45, 7) is 3.79. The first-order valence-corrected chi connectivity index (χ1v) is 9.27. The maximum absolute atomic E-state index is 14.0. The highest BCUT2D eigenvalue weighted by Crippen LogP contribution is 2.30. The number of carbonyl (C=O) groups excluding carboxylic acids is 1. The maximum atomic E-state index is 14.0. The summed E-state index contributed by atoms with van der Waals surface area (Å²) in [7, 11) is 1.56. The van der Waals surface area contributed by atoms with Crippen molar-refractivity contribution >= 4 is 11.6 Å². The lowest BCUT2D eigenvalue weighted by atomic mass is 10.1. The van der Waals surface area contributed by atoms with Crippen LogP contribution in [0.2, 0.25) is 0 Å². The molecule has 1 heterocycles. The number of fused-ring (bicyclic) bond motifs is 1. The normalized spacial score (nSPS) is 13.0. The van der Waals surface area contributed by atoms with E-state index in [0.29, 0.717) is 42.4 Å². The van der Waals surface area contributed by atoms with E-state index in [2.05, 4.69) is 5.32 Å². The molecule has 0 unspecified atom stereocenters. The number of nitrogens with one attached hydrogen (secondary N) is 1. The van der Waals surface area contributed by atoms with Crippen molar-refractivity contribution in [3.63, 3.8) is 0 Å². The SMILES string of the molecule is CCCN(CC(=O)Nc1ccccc1OC)Cc1cc(F)cc2c1OCOC2. The zero-order valence-corrected chi connectivity index (χ0v) is 16.2. The molecular weight excluding hydrogens is 363 g/mol. The van der Waals surface area contributed by atoms with Crippen molar-refractivity contribution in [2.75, 3.05) is 32.3 Å². The van der Waals surface area contributed by atoms with Crippen molar-refractivity contribution in [1.29, 1.82) is 0 Å². The molecule has 1 aliphatic heterocycles. The standard InChI is InChI=1S/C21H25FN2O4/c1-3-8-24(12-20(25)23-18-6-4-5-7-19(18)26-2)11-15-9-17(22)10-16-13-27-14-28-21(15)16/h4-7,9-10H,3,8,11-14H2,1-2H3,(H,23,25). The van der Waals surface area contributed by atoms with Crippen LogP contribution in [0.3, 0.4) is 0 Å².